The minimum atomic E-state index is -0.869. The van der Waals surface area contributed by atoms with Crippen molar-refractivity contribution in [2.75, 3.05) is 16.8 Å². The van der Waals surface area contributed by atoms with Crippen molar-refractivity contribution in [2.45, 2.75) is 20.0 Å². The Morgan fingerprint density at radius 1 is 1.25 bits per heavy atom. The molecule has 24 heavy (non-hydrogen) atoms. The van der Waals surface area contributed by atoms with Gasteiger partial charge in [0.1, 0.15) is 11.6 Å². The highest BCUT2D eigenvalue weighted by molar-refractivity contribution is 5.99. The third kappa shape index (κ3) is 3.08. The maximum absolute atomic E-state index is 13.4. The van der Waals surface area contributed by atoms with Gasteiger partial charge in [-0.05, 0) is 36.8 Å². The van der Waals surface area contributed by atoms with Crippen molar-refractivity contribution in [3.05, 3.63) is 53.8 Å². The van der Waals surface area contributed by atoms with Gasteiger partial charge in [0.15, 0.2) is 6.10 Å². The molecule has 2 aromatic rings. The van der Waals surface area contributed by atoms with E-state index < -0.39 is 17.8 Å². The van der Waals surface area contributed by atoms with E-state index in [1.807, 2.05) is 0 Å². The van der Waals surface area contributed by atoms with Crippen LogP contribution < -0.4 is 15.0 Å². The zero-order chi connectivity index (χ0) is 17.3. The predicted molar refractivity (Wildman–Crippen MR) is 88.7 cm³/mol. The number of para-hydroxylation sites is 2. The molecular weight excluding hydrogens is 311 g/mol. The summed E-state index contributed by atoms with van der Waals surface area (Å²) >= 11 is 0. The van der Waals surface area contributed by atoms with Crippen molar-refractivity contribution in [1.82, 2.24) is 0 Å². The monoisotopic (exact) mass is 328 g/mol. The number of nitrogens with zero attached hydrogens (tertiary/aromatic N) is 1. The zero-order valence-corrected chi connectivity index (χ0v) is 13.4. The molecule has 0 spiro atoms. The molecule has 1 aliphatic heterocycles. The summed E-state index contributed by atoms with van der Waals surface area (Å²) in [4.78, 5) is 25.9. The lowest BCUT2D eigenvalue weighted by Crippen LogP contribution is -2.48. The van der Waals surface area contributed by atoms with E-state index >= 15 is 0 Å². The molecule has 1 heterocycles. The number of ether oxygens (including phenoxy) is 1. The molecule has 2 amide bonds. The number of hydrogen-bond donors (Lipinski definition) is 1. The molecule has 3 rings (SSSR count). The molecule has 0 saturated carbocycles. The summed E-state index contributed by atoms with van der Waals surface area (Å²) in [6.07, 6.45) is -0.869. The van der Waals surface area contributed by atoms with E-state index in [0.29, 0.717) is 17.1 Å². The molecule has 1 aliphatic rings. The number of fused-ring (bicyclic) bond motifs is 1. The SMILES string of the molecule is CC(=O)N1C[C@H](C(=O)Nc2cc(F)ccc2C)Oc2ccccc21. The number of carbonyl (C=O) groups is 2. The molecule has 2 aromatic carbocycles. The summed E-state index contributed by atoms with van der Waals surface area (Å²) < 4.78 is 19.1. The fourth-order valence-electron chi connectivity index (χ4n) is 2.61. The quantitative estimate of drug-likeness (QED) is 0.922. The fraction of sp³-hybridized carbons (Fsp3) is 0.222. The van der Waals surface area contributed by atoms with E-state index in [4.69, 9.17) is 4.74 Å². The van der Waals surface area contributed by atoms with Gasteiger partial charge in [-0.15, -0.1) is 0 Å². The van der Waals surface area contributed by atoms with Gasteiger partial charge in [0.25, 0.3) is 5.91 Å². The van der Waals surface area contributed by atoms with Crippen molar-refractivity contribution in [2.24, 2.45) is 0 Å². The number of aryl methyl sites for hydroxylation is 1. The molecule has 0 unspecified atom stereocenters. The molecule has 0 saturated heterocycles. The van der Waals surface area contributed by atoms with E-state index in [1.54, 1.807) is 37.3 Å². The highest BCUT2D eigenvalue weighted by atomic mass is 19.1. The smallest absolute Gasteiger partial charge is 0.267 e. The van der Waals surface area contributed by atoms with E-state index in [-0.39, 0.29) is 12.5 Å². The Morgan fingerprint density at radius 3 is 2.75 bits per heavy atom. The lowest BCUT2D eigenvalue weighted by Gasteiger charge is -2.33. The van der Waals surface area contributed by atoms with Gasteiger partial charge in [0, 0.05) is 12.6 Å². The second-order valence-corrected chi connectivity index (χ2v) is 5.65. The minimum Gasteiger partial charge on any atom is -0.476 e. The topological polar surface area (TPSA) is 58.6 Å². The maximum Gasteiger partial charge on any atom is 0.267 e. The highest BCUT2D eigenvalue weighted by Gasteiger charge is 2.32. The fourth-order valence-corrected chi connectivity index (χ4v) is 2.61. The summed E-state index contributed by atoms with van der Waals surface area (Å²) in [7, 11) is 0. The van der Waals surface area contributed by atoms with Crippen LogP contribution in [0.1, 0.15) is 12.5 Å². The average molecular weight is 328 g/mol. The van der Waals surface area contributed by atoms with E-state index in [2.05, 4.69) is 5.32 Å². The molecule has 0 aliphatic carbocycles. The van der Waals surface area contributed by atoms with Crippen LogP contribution in [-0.2, 0) is 9.59 Å². The van der Waals surface area contributed by atoms with Crippen LogP contribution in [0.5, 0.6) is 5.75 Å². The zero-order valence-electron chi connectivity index (χ0n) is 13.4. The molecule has 0 fully saturated rings. The number of rotatable bonds is 2. The molecular formula is C18H17FN2O3. The van der Waals surface area contributed by atoms with Gasteiger partial charge in [0.2, 0.25) is 5.91 Å². The number of carbonyl (C=O) groups excluding carboxylic acids is 2. The lowest BCUT2D eigenvalue weighted by atomic mass is 10.1. The van der Waals surface area contributed by atoms with Crippen LogP contribution in [0.2, 0.25) is 0 Å². The summed E-state index contributed by atoms with van der Waals surface area (Å²) in [5.74, 6) is -0.568. The van der Waals surface area contributed by atoms with Crippen LogP contribution in [0, 0.1) is 12.7 Å². The first-order valence-corrected chi connectivity index (χ1v) is 7.56. The Kier molecular flexibility index (Phi) is 4.20. The van der Waals surface area contributed by atoms with E-state index in [0.717, 1.165) is 5.56 Å². The van der Waals surface area contributed by atoms with Gasteiger partial charge in [-0.25, -0.2) is 4.39 Å². The number of anilines is 2. The normalized spacial score (nSPS) is 16.1. The number of halogens is 1. The van der Waals surface area contributed by atoms with Gasteiger partial charge < -0.3 is 15.0 Å². The molecule has 1 atom stereocenters. The number of hydrogen-bond acceptors (Lipinski definition) is 3. The summed E-state index contributed by atoms with van der Waals surface area (Å²) in [6.45, 7) is 3.31. The van der Waals surface area contributed by atoms with Crippen molar-refractivity contribution in [3.8, 4) is 5.75 Å². The first-order valence-electron chi connectivity index (χ1n) is 7.56. The van der Waals surface area contributed by atoms with Crippen molar-refractivity contribution in [3.63, 3.8) is 0 Å². The van der Waals surface area contributed by atoms with Crippen LogP contribution >= 0.6 is 0 Å². The molecule has 124 valence electrons. The number of benzene rings is 2. The lowest BCUT2D eigenvalue weighted by molar-refractivity contribution is -0.123. The largest absolute Gasteiger partial charge is 0.476 e. The molecule has 5 nitrogen and oxygen atoms in total. The third-order valence-electron chi connectivity index (χ3n) is 3.90. The molecule has 6 heteroatoms. The third-order valence-corrected chi connectivity index (χ3v) is 3.90. The Morgan fingerprint density at radius 2 is 2.00 bits per heavy atom. The number of nitrogens with one attached hydrogen (secondary N) is 1. The molecule has 0 radical (unpaired) electrons. The summed E-state index contributed by atoms with van der Waals surface area (Å²) in [5.41, 5.74) is 1.76. The first kappa shape index (κ1) is 16.0. The Balaban J connectivity index is 1.84. The van der Waals surface area contributed by atoms with Gasteiger partial charge in [-0.2, -0.15) is 0 Å². The van der Waals surface area contributed by atoms with Crippen LogP contribution in [0.25, 0.3) is 0 Å². The highest BCUT2D eigenvalue weighted by Crippen LogP contribution is 2.33. The standard InChI is InChI=1S/C18H17FN2O3/c1-11-7-8-13(19)9-14(11)20-18(23)17-10-21(12(2)22)15-5-3-4-6-16(15)24-17/h3-9,17H,10H2,1-2H3,(H,20,23)/t17-/m1/s1. The van der Waals surface area contributed by atoms with Crippen molar-refractivity contribution >= 4 is 23.2 Å². The predicted octanol–water partition coefficient (Wildman–Crippen LogP) is 2.89. The Bertz CT molecular complexity index is 807. The van der Waals surface area contributed by atoms with Crippen molar-refractivity contribution < 1.29 is 18.7 Å². The Labute approximate surface area is 139 Å². The average Bonchev–Trinajstić information content (AvgIpc) is 2.57. The molecule has 0 aromatic heterocycles. The van der Waals surface area contributed by atoms with Gasteiger partial charge in [-0.3, -0.25) is 9.59 Å². The first-order chi connectivity index (χ1) is 11.5. The summed E-state index contributed by atoms with van der Waals surface area (Å²) in [5, 5.41) is 2.67. The second kappa shape index (κ2) is 6.31. The van der Waals surface area contributed by atoms with Crippen LogP contribution in [0.15, 0.2) is 42.5 Å². The van der Waals surface area contributed by atoms with E-state index in [9.17, 15) is 14.0 Å². The van der Waals surface area contributed by atoms with Gasteiger partial charge in [0.05, 0.1) is 12.2 Å². The van der Waals surface area contributed by atoms with Gasteiger partial charge in [-0.1, -0.05) is 18.2 Å². The van der Waals surface area contributed by atoms with Crippen molar-refractivity contribution in [1.29, 1.82) is 0 Å². The van der Waals surface area contributed by atoms with E-state index in [1.165, 1.54) is 24.0 Å². The van der Waals surface area contributed by atoms with Crippen LogP contribution in [-0.4, -0.2) is 24.5 Å². The minimum absolute atomic E-state index is 0.104. The van der Waals surface area contributed by atoms with Crippen LogP contribution in [0.3, 0.4) is 0 Å². The maximum atomic E-state index is 13.4. The summed E-state index contributed by atoms with van der Waals surface area (Å²) in [6, 6.07) is 11.2. The van der Waals surface area contributed by atoms with Crippen LogP contribution in [0.4, 0.5) is 15.8 Å². The second-order valence-electron chi connectivity index (χ2n) is 5.65. The molecule has 1 N–H and O–H groups in total. The Hall–Kier alpha value is -2.89. The number of amides is 2. The molecule has 0 bridgehead atoms. The van der Waals surface area contributed by atoms with Gasteiger partial charge >= 0.3 is 0 Å².